The Morgan fingerprint density at radius 2 is 2.06 bits per heavy atom. The Balaban J connectivity index is 2.20. The first-order chi connectivity index (χ1) is 8.60. The van der Waals surface area contributed by atoms with Crippen LogP contribution in [0.1, 0.15) is 15.4 Å². The smallest absolute Gasteiger partial charge is 0.350 e. The van der Waals surface area contributed by atoms with Crippen LogP contribution in [-0.4, -0.2) is 18.1 Å². The van der Waals surface area contributed by atoms with E-state index < -0.39 is 0 Å². The van der Waals surface area contributed by atoms with Crippen LogP contribution in [0.4, 0.5) is 10.8 Å². The van der Waals surface area contributed by atoms with Crippen molar-refractivity contribution in [2.45, 2.75) is 6.92 Å². The molecule has 4 nitrogen and oxygen atoms in total. The van der Waals surface area contributed by atoms with Gasteiger partial charge in [0.1, 0.15) is 4.88 Å². The highest BCUT2D eigenvalue weighted by Gasteiger charge is 2.15. The quantitative estimate of drug-likeness (QED) is 0.659. The van der Waals surface area contributed by atoms with Gasteiger partial charge in [-0.05, 0) is 53.8 Å². The second-order valence-corrected chi connectivity index (χ2v) is 5.80. The zero-order valence-corrected chi connectivity index (χ0v) is 12.8. The molecule has 1 heterocycles. The predicted molar refractivity (Wildman–Crippen MR) is 80.6 cm³/mol. The van der Waals surface area contributed by atoms with Crippen LogP contribution in [0.2, 0.25) is 0 Å². The maximum atomic E-state index is 11.5. The fourth-order valence-corrected chi connectivity index (χ4v) is 2.65. The molecule has 6 heteroatoms. The van der Waals surface area contributed by atoms with Crippen molar-refractivity contribution in [3.63, 3.8) is 0 Å². The third-order valence-electron chi connectivity index (χ3n) is 2.26. The van der Waals surface area contributed by atoms with Crippen molar-refractivity contribution in [2.24, 2.45) is 0 Å². The summed E-state index contributed by atoms with van der Waals surface area (Å²) < 4.78 is 5.87. The van der Waals surface area contributed by atoms with Crippen LogP contribution >= 0.6 is 33.9 Å². The first-order valence-corrected chi connectivity index (χ1v) is 7.08. The zero-order chi connectivity index (χ0) is 13.1. The number of nitrogens with one attached hydrogen (secondary N) is 1. The van der Waals surface area contributed by atoms with E-state index >= 15 is 0 Å². The molecule has 0 spiro atoms. The summed E-state index contributed by atoms with van der Waals surface area (Å²) in [6, 6.07) is 7.95. The molecule has 0 aliphatic rings. The Morgan fingerprint density at radius 3 is 2.67 bits per heavy atom. The normalized spacial score (nSPS) is 10.2. The summed E-state index contributed by atoms with van der Waals surface area (Å²) in [6.07, 6.45) is 0. The number of carbonyl (C=O) groups is 1. The number of methoxy groups -OCH3 is 1. The van der Waals surface area contributed by atoms with E-state index in [1.54, 1.807) is 6.92 Å². The van der Waals surface area contributed by atoms with Gasteiger partial charge in [-0.1, -0.05) is 11.3 Å². The Bertz CT molecular complexity index is 566. The van der Waals surface area contributed by atoms with Gasteiger partial charge in [0, 0.05) is 9.26 Å². The summed E-state index contributed by atoms with van der Waals surface area (Å²) in [5, 5.41) is 3.86. The first kappa shape index (κ1) is 13.3. The van der Waals surface area contributed by atoms with Crippen LogP contribution in [0.5, 0.6) is 0 Å². The average molecular weight is 374 g/mol. The molecule has 0 aliphatic heterocycles. The number of hydrogen-bond donors (Lipinski definition) is 1. The van der Waals surface area contributed by atoms with Crippen molar-refractivity contribution >= 4 is 50.7 Å². The van der Waals surface area contributed by atoms with Gasteiger partial charge >= 0.3 is 5.97 Å². The number of rotatable bonds is 3. The minimum absolute atomic E-state index is 0.347. The molecule has 0 fully saturated rings. The summed E-state index contributed by atoms with van der Waals surface area (Å²) in [5.74, 6) is -0.347. The van der Waals surface area contributed by atoms with Crippen molar-refractivity contribution in [2.75, 3.05) is 12.4 Å². The molecule has 0 radical (unpaired) electrons. The number of ether oxygens (including phenoxy) is 1. The van der Waals surface area contributed by atoms with Crippen molar-refractivity contribution in [3.8, 4) is 0 Å². The molecule has 18 heavy (non-hydrogen) atoms. The minimum atomic E-state index is -0.347. The number of anilines is 2. The molecule has 1 aromatic carbocycles. The van der Waals surface area contributed by atoms with E-state index in [2.05, 4.69) is 32.9 Å². The lowest BCUT2D eigenvalue weighted by molar-refractivity contribution is 0.0605. The van der Waals surface area contributed by atoms with E-state index in [0.717, 1.165) is 5.69 Å². The van der Waals surface area contributed by atoms with Gasteiger partial charge in [-0.3, -0.25) is 0 Å². The number of aromatic nitrogens is 1. The number of thiazole rings is 1. The molecule has 0 saturated carbocycles. The lowest BCUT2D eigenvalue weighted by Crippen LogP contribution is -1.99. The Labute approximate surface area is 123 Å². The number of carbonyl (C=O) groups excluding carboxylic acids is 1. The molecule has 0 atom stereocenters. The fraction of sp³-hybridized carbons (Fsp3) is 0.167. The van der Waals surface area contributed by atoms with Crippen molar-refractivity contribution in [3.05, 3.63) is 38.4 Å². The standard InChI is InChI=1S/C12H11IN2O2S/c1-7-10(11(16)17-2)18-12(14-7)15-9-5-3-8(13)4-6-9/h3-6H,1-2H3,(H,14,15). The van der Waals surface area contributed by atoms with Crippen LogP contribution in [0.25, 0.3) is 0 Å². The second-order valence-electron chi connectivity index (χ2n) is 3.56. The third kappa shape index (κ3) is 2.99. The molecule has 2 rings (SSSR count). The maximum Gasteiger partial charge on any atom is 0.350 e. The largest absolute Gasteiger partial charge is 0.465 e. The molecular weight excluding hydrogens is 363 g/mol. The molecule has 1 aromatic heterocycles. The van der Waals surface area contributed by atoms with Gasteiger partial charge < -0.3 is 10.1 Å². The molecule has 1 N–H and O–H groups in total. The molecule has 0 unspecified atom stereocenters. The minimum Gasteiger partial charge on any atom is -0.465 e. The van der Waals surface area contributed by atoms with Crippen LogP contribution in [0.15, 0.2) is 24.3 Å². The van der Waals surface area contributed by atoms with E-state index in [4.69, 9.17) is 4.74 Å². The summed E-state index contributed by atoms with van der Waals surface area (Å²) in [7, 11) is 1.37. The Kier molecular flexibility index (Phi) is 4.18. The lowest BCUT2D eigenvalue weighted by atomic mass is 10.3. The Morgan fingerprint density at radius 1 is 1.39 bits per heavy atom. The van der Waals surface area contributed by atoms with Crippen LogP contribution in [0, 0.1) is 10.5 Å². The van der Waals surface area contributed by atoms with Gasteiger partial charge in [0.05, 0.1) is 12.8 Å². The van der Waals surface area contributed by atoms with Crippen molar-refractivity contribution in [1.29, 1.82) is 0 Å². The fourth-order valence-electron chi connectivity index (χ4n) is 1.39. The highest BCUT2D eigenvalue weighted by molar-refractivity contribution is 14.1. The molecule has 0 saturated heterocycles. The van der Waals surface area contributed by atoms with Crippen molar-refractivity contribution < 1.29 is 9.53 Å². The van der Waals surface area contributed by atoms with E-state index in [0.29, 0.717) is 15.7 Å². The SMILES string of the molecule is COC(=O)c1sc(Nc2ccc(I)cc2)nc1C. The number of halogens is 1. The number of nitrogens with zero attached hydrogens (tertiary/aromatic N) is 1. The van der Waals surface area contributed by atoms with Crippen LogP contribution < -0.4 is 5.32 Å². The number of aryl methyl sites for hydroxylation is 1. The average Bonchev–Trinajstić information content (AvgIpc) is 2.72. The predicted octanol–water partition coefficient (Wildman–Crippen LogP) is 3.59. The number of esters is 1. The van der Waals surface area contributed by atoms with E-state index in [1.165, 1.54) is 22.0 Å². The molecular formula is C12H11IN2O2S. The number of benzene rings is 1. The third-order valence-corrected chi connectivity index (χ3v) is 4.03. The number of hydrogen-bond acceptors (Lipinski definition) is 5. The molecule has 0 aliphatic carbocycles. The van der Waals surface area contributed by atoms with Crippen molar-refractivity contribution in [1.82, 2.24) is 4.98 Å². The van der Waals surface area contributed by atoms with Gasteiger partial charge in [-0.25, -0.2) is 9.78 Å². The van der Waals surface area contributed by atoms with E-state index in [1.807, 2.05) is 24.3 Å². The highest BCUT2D eigenvalue weighted by atomic mass is 127. The summed E-state index contributed by atoms with van der Waals surface area (Å²) >= 11 is 3.54. The van der Waals surface area contributed by atoms with Gasteiger partial charge in [-0.15, -0.1) is 0 Å². The second kappa shape index (κ2) is 5.66. The van der Waals surface area contributed by atoms with Crippen LogP contribution in [0.3, 0.4) is 0 Å². The molecule has 0 amide bonds. The molecule has 94 valence electrons. The zero-order valence-electron chi connectivity index (χ0n) is 9.86. The Hall–Kier alpha value is -1.15. The topological polar surface area (TPSA) is 51.2 Å². The highest BCUT2D eigenvalue weighted by Crippen LogP contribution is 2.26. The maximum absolute atomic E-state index is 11.5. The summed E-state index contributed by atoms with van der Waals surface area (Å²) in [5.41, 5.74) is 1.63. The van der Waals surface area contributed by atoms with Gasteiger partial charge in [-0.2, -0.15) is 0 Å². The summed E-state index contributed by atoms with van der Waals surface area (Å²) in [6.45, 7) is 1.79. The van der Waals surface area contributed by atoms with Gasteiger partial charge in [0.25, 0.3) is 0 Å². The first-order valence-electron chi connectivity index (χ1n) is 5.18. The van der Waals surface area contributed by atoms with Gasteiger partial charge in [0.15, 0.2) is 5.13 Å². The van der Waals surface area contributed by atoms with Gasteiger partial charge in [0.2, 0.25) is 0 Å². The molecule has 2 aromatic rings. The van der Waals surface area contributed by atoms with E-state index in [9.17, 15) is 4.79 Å². The summed E-state index contributed by atoms with van der Waals surface area (Å²) in [4.78, 5) is 16.3. The monoisotopic (exact) mass is 374 g/mol. The molecule has 0 bridgehead atoms. The lowest BCUT2D eigenvalue weighted by Gasteiger charge is -2.01. The van der Waals surface area contributed by atoms with E-state index in [-0.39, 0.29) is 5.97 Å². The van der Waals surface area contributed by atoms with Crippen LogP contribution in [-0.2, 0) is 4.74 Å².